The Kier molecular flexibility index (Phi) is 3.91. The summed E-state index contributed by atoms with van der Waals surface area (Å²) in [5, 5.41) is 6.60. The fourth-order valence-corrected chi connectivity index (χ4v) is 2.21. The van der Waals surface area contributed by atoms with Gasteiger partial charge >= 0.3 is 0 Å². The van der Waals surface area contributed by atoms with Crippen LogP contribution in [0.2, 0.25) is 0 Å². The highest BCUT2D eigenvalue weighted by molar-refractivity contribution is 7.09. The first-order chi connectivity index (χ1) is 8.15. The maximum Gasteiger partial charge on any atom is 0.123 e. The Bertz CT molecular complexity index is 472. The van der Waals surface area contributed by atoms with Crippen LogP contribution in [-0.4, -0.2) is 20.6 Å². The molecule has 0 saturated heterocycles. The van der Waals surface area contributed by atoms with Gasteiger partial charge in [-0.25, -0.2) is 9.97 Å². The number of aryl methyl sites for hydroxylation is 1. The van der Waals surface area contributed by atoms with Crippen molar-refractivity contribution in [3.8, 4) is 0 Å². The summed E-state index contributed by atoms with van der Waals surface area (Å²) in [6.45, 7) is 7.91. The lowest BCUT2D eigenvalue weighted by molar-refractivity contribution is 0.553. The highest BCUT2D eigenvalue weighted by atomic mass is 32.1. The minimum absolute atomic E-state index is 0.474. The fourth-order valence-electron chi connectivity index (χ4n) is 1.60. The number of rotatable bonds is 5. The van der Waals surface area contributed by atoms with E-state index in [0.717, 1.165) is 29.6 Å². The van der Waals surface area contributed by atoms with Crippen LogP contribution in [0.3, 0.4) is 0 Å². The molecule has 0 atom stereocenters. The first kappa shape index (κ1) is 12.3. The lowest BCUT2D eigenvalue weighted by Crippen LogP contribution is -2.24. The van der Waals surface area contributed by atoms with E-state index in [4.69, 9.17) is 0 Å². The first-order valence-corrected chi connectivity index (χ1v) is 6.67. The summed E-state index contributed by atoms with van der Waals surface area (Å²) < 4.78 is 2.14. The number of thiazole rings is 1. The molecule has 0 aliphatic carbocycles. The summed E-state index contributed by atoms with van der Waals surface area (Å²) in [5.41, 5.74) is 1.11. The van der Waals surface area contributed by atoms with Crippen LogP contribution in [0.5, 0.6) is 0 Å². The second-order valence-electron chi connectivity index (χ2n) is 4.36. The van der Waals surface area contributed by atoms with Crippen molar-refractivity contribution >= 4 is 11.3 Å². The van der Waals surface area contributed by atoms with Crippen LogP contribution in [-0.2, 0) is 13.1 Å². The molecule has 0 unspecified atom stereocenters. The molecule has 0 aliphatic heterocycles. The Hall–Kier alpha value is -1.20. The molecular formula is C12H18N4S. The van der Waals surface area contributed by atoms with E-state index in [2.05, 4.69) is 39.1 Å². The van der Waals surface area contributed by atoms with Gasteiger partial charge in [-0.05, 0) is 6.92 Å². The van der Waals surface area contributed by atoms with Crippen LogP contribution >= 0.6 is 11.3 Å². The van der Waals surface area contributed by atoms with Gasteiger partial charge in [0.25, 0.3) is 0 Å². The molecule has 0 amide bonds. The zero-order valence-electron chi connectivity index (χ0n) is 10.5. The van der Waals surface area contributed by atoms with E-state index >= 15 is 0 Å². The van der Waals surface area contributed by atoms with Crippen LogP contribution in [0, 0.1) is 6.92 Å². The molecule has 0 spiro atoms. The monoisotopic (exact) mass is 250 g/mol. The van der Waals surface area contributed by atoms with Gasteiger partial charge in [-0.2, -0.15) is 0 Å². The van der Waals surface area contributed by atoms with Crippen LogP contribution in [0.1, 0.15) is 30.4 Å². The quantitative estimate of drug-likeness (QED) is 0.884. The molecule has 0 radical (unpaired) electrons. The second-order valence-corrected chi connectivity index (χ2v) is 5.43. The van der Waals surface area contributed by atoms with Crippen molar-refractivity contribution in [2.75, 3.05) is 0 Å². The second kappa shape index (κ2) is 5.42. The molecule has 0 aromatic carbocycles. The van der Waals surface area contributed by atoms with E-state index in [9.17, 15) is 0 Å². The van der Waals surface area contributed by atoms with Crippen LogP contribution in [0.4, 0.5) is 0 Å². The lowest BCUT2D eigenvalue weighted by Gasteiger charge is -2.09. The zero-order valence-corrected chi connectivity index (χ0v) is 11.3. The molecule has 4 nitrogen and oxygen atoms in total. The Morgan fingerprint density at radius 1 is 1.47 bits per heavy atom. The third-order valence-corrected chi connectivity index (χ3v) is 3.29. The van der Waals surface area contributed by atoms with Gasteiger partial charge in [0.1, 0.15) is 5.82 Å². The molecule has 2 rings (SSSR count). The summed E-state index contributed by atoms with van der Waals surface area (Å²) in [5.74, 6) is 1.06. The van der Waals surface area contributed by atoms with E-state index in [1.807, 2.05) is 19.3 Å². The molecule has 2 aromatic rings. The first-order valence-electron chi connectivity index (χ1n) is 5.79. The Balaban J connectivity index is 2.03. The van der Waals surface area contributed by atoms with Crippen molar-refractivity contribution in [3.63, 3.8) is 0 Å². The van der Waals surface area contributed by atoms with Gasteiger partial charge in [0, 0.05) is 23.8 Å². The predicted molar refractivity (Wildman–Crippen MR) is 70.2 cm³/mol. The summed E-state index contributed by atoms with van der Waals surface area (Å²) in [7, 11) is 0. The maximum absolute atomic E-state index is 4.47. The molecule has 0 saturated carbocycles. The van der Waals surface area contributed by atoms with Crippen LogP contribution < -0.4 is 5.32 Å². The summed E-state index contributed by atoms with van der Waals surface area (Å²) in [6.07, 6.45) is 3.85. The van der Waals surface area contributed by atoms with E-state index in [0.29, 0.717) is 6.04 Å². The molecule has 5 heteroatoms. The van der Waals surface area contributed by atoms with Crippen molar-refractivity contribution < 1.29 is 0 Å². The summed E-state index contributed by atoms with van der Waals surface area (Å²) in [4.78, 5) is 8.84. The van der Waals surface area contributed by atoms with Gasteiger partial charge in [-0.3, -0.25) is 0 Å². The van der Waals surface area contributed by atoms with E-state index in [1.165, 1.54) is 0 Å². The van der Waals surface area contributed by atoms with Crippen LogP contribution in [0.25, 0.3) is 0 Å². The van der Waals surface area contributed by atoms with Crippen molar-refractivity contribution in [2.45, 2.75) is 39.9 Å². The highest BCUT2D eigenvalue weighted by Crippen LogP contribution is 2.10. The molecular weight excluding hydrogens is 232 g/mol. The fraction of sp³-hybridized carbons (Fsp3) is 0.500. The van der Waals surface area contributed by atoms with E-state index in [1.54, 1.807) is 11.3 Å². The Labute approximate surface area is 106 Å². The molecule has 17 heavy (non-hydrogen) atoms. The van der Waals surface area contributed by atoms with Gasteiger partial charge in [0.05, 0.1) is 23.8 Å². The van der Waals surface area contributed by atoms with Crippen LogP contribution in [0.15, 0.2) is 17.8 Å². The molecule has 0 fully saturated rings. The molecule has 92 valence electrons. The Morgan fingerprint density at radius 3 is 2.94 bits per heavy atom. The minimum Gasteiger partial charge on any atom is -0.328 e. The van der Waals surface area contributed by atoms with Gasteiger partial charge in [0.2, 0.25) is 0 Å². The summed E-state index contributed by atoms with van der Waals surface area (Å²) in [6, 6.07) is 0.474. The van der Waals surface area contributed by atoms with Crippen molar-refractivity contribution in [2.24, 2.45) is 0 Å². The normalized spacial score (nSPS) is 11.3. The van der Waals surface area contributed by atoms with Gasteiger partial charge in [-0.15, -0.1) is 11.3 Å². The Morgan fingerprint density at radius 2 is 2.29 bits per heavy atom. The molecule has 1 N–H and O–H groups in total. The number of nitrogens with one attached hydrogen (secondary N) is 1. The molecule has 0 bridgehead atoms. The lowest BCUT2D eigenvalue weighted by atomic mass is 10.4. The topological polar surface area (TPSA) is 42.7 Å². The smallest absolute Gasteiger partial charge is 0.123 e. The van der Waals surface area contributed by atoms with E-state index < -0.39 is 0 Å². The third kappa shape index (κ3) is 3.38. The SMILES string of the molecule is Cc1nc(Cn2ccnc2CNC(C)C)cs1. The average molecular weight is 250 g/mol. The highest BCUT2D eigenvalue weighted by Gasteiger charge is 2.05. The van der Waals surface area contributed by atoms with Crippen molar-refractivity contribution in [3.05, 3.63) is 34.3 Å². The van der Waals surface area contributed by atoms with Gasteiger partial charge in [0.15, 0.2) is 0 Å². The maximum atomic E-state index is 4.47. The van der Waals surface area contributed by atoms with Gasteiger partial charge in [-0.1, -0.05) is 13.8 Å². The number of aromatic nitrogens is 3. The number of imidazole rings is 1. The van der Waals surface area contributed by atoms with E-state index in [-0.39, 0.29) is 0 Å². The molecule has 0 aliphatic rings. The number of nitrogens with zero attached hydrogens (tertiary/aromatic N) is 3. The van der Waals surface area contributed by atoms with Crippen molar-refractivity contribution in [1.29, 1.82) is 0 Å². The minimum atomic E-state index is 0.474. The third-order valence-electron chi connectivity index (χ3n) is 2.47. The number of hydrogen-bond donors (Lipinski definition) is 1. The zero-order chi connectivity index (χ0) is 12.3. The largest absolute Gasteiger partial charge is 0.328 e. The molecule has 2 heterocycles. The molecule has 2 aromatic heterocycles. The standard InChI is InChI=1S/C12H18N4S/c1-9(2)14-6-12-13-4-5-16(12)7-11-8-17-10(3)15-11/h4-5,8-9,14H,6-7H2,1-3H3. The van der Waals surface area contributed by atoms with Gasteiger partial charge < -0.3 is 9.88 Å². The number of hydrogen-bond acceptors (Lipinski definition) is 4. The predicted octanol–water partition coefficient (Wildman–Crippen LogP) is 2.19. The summed E-state index contributed by atoms with van der Waals surface area (Å²) >= 11 is 1.69. The average Bonchev–Trinajstić information content (AvgIpc) is 2.86. The van der Waals surface area contributed by atoms with Crippen molar-refractivity contribution in [1.82, 2.24) is 19.9 Å².